The minimum Gasteiger partial charge on any atom is -0.379 e. The lowest BCUT2D eigenvalue weighted by molar-refractivity contribution is -0.126. The minimum absolute atomic E-state index is 0.0176. The fraction of sp³-hybridized carbons (Fsp3) is 0.933. The van der Waals surface area contributed by atoms with Gasteiger partial charge in [-0.3, -0.25) is 9.69 Å². The van der Waals surface area contributed by atoms with Gasteiger partial charge < -0.3 is 15.8 Å². The van der Waals surface area contributed by atoms with Crippen LogP contribution in [0.1, 0.15) is 33.1 Å². The fourth-order valence-electron chi connectivity index (χ4n) is 3.38. The summed E-state index contributed by atoms with van der Waals surface area (Å²) in [6, 6.07) is 0. The average Bonchev–Trinajstić information content (AvgIpc) is 2.94. The number of morpholine rings is 1. The van der Waals surface area contributed by atoms with Gasteiger partial charge in [0.2, 0.25) is 5.91 Å². The van der Waals surface area contributed by atoms with Crippen molar-refractivity contribution in [3.05, 3.63) is 0 Å². The van der Waals surface area contributed by atoms with Crippen LogP contribution in [0.15, 0.2) is 0 Å². The van der Waals surface area contributed by atoms with Gasteiger partial charge in [-0.1, -0.05) is 6.42 Å². The van der Waals surface area contributed by atoms with Crippen LogP contribution in [0.2, 0.25) is 0 Å². The molecule has 2 atom stereocenters. The van der Waals surface area contributed by atoms with Crippen LogP contribution in [-0.4, -0.2) is 55.7 Å². The highest BCUT2D eigenvalue weighted by molar-refractivity contribution is 5.79. The summed E-state index contributed by atoms with van der Waals surface area (Å²) in [5.41, 5.74) is 5.74. The molecule has 0 aromatic rings. The molecular formula is C15H29N3O2. The number of nitrogens with two attached hydrogens (primary N) is 1. The Bertz CT molecular complexity index is 327. The smallest absolute Gasteiger partial charge is 0.223 e. The summed E-state index contributed by atoms with van der Waals surface area (Å²) in [5.74, 6) is 0.696. The fourth-order valence-corrected chi connectivity index (χ4v) is 3.38. The zero-order chi connectivity index (χ0) is 14.6. The van der Waals surface area contributed by atoms with Crippen LogP contribution in [0.3, 0.4) is 0 Å². The summed E-state index contributed by atoms with van der Waals surface area (Å²) < 4.78 is 5.39. The molecule has 20 heavy (non-hydrogen) atoms. The molecule has 0 unspecified atom stereocenters. The van der Waals surface area contributed by atoms with E-state index in [1.54, 1.807) is 0 Å². The van der Waals surface area contributed by atoms with E-state index in [0.29, 0.717) is 19.0 Å². The minimum atomic E-state index is -0.0176. The summed E-state index contributed by atoms with van der Waals surface area (Å²) in [5, 5.41) is 3.15. The number of rotatable bonds is 5. The Hall–Kier alpha value is -0.650. The van der Waals surface area contributed by atoms with Gasteiger partial charge in [-0.25, -0.2) is 0 Å². The third-order valence-corrected chi connectivity index (χ3v) is 4.86. The van der Waals surface area contributed by atoms with E-state index in [1.165, 1.54) is 0 Å². The molecule has 0 spiro atoms. The monoisotopic (exact) mass is 283 g/mol. The van der Waals surface area contributed by atoms with Crippen molar-refractivity contribution in [2.24, 2.45) is 17.6 Å². The van der Waals surface area contributed by atoms with Crippen LogP contribution in [0.25, 0.3) is 0 Å². The van der Waals surface area contributed by atoms with Gasteiger partial charge in [-0.15, -0.1) is 0 Å². The topological polar surface area (TPSA) is 67.6 Å². The van der Waals surface area contributed by atoms with Gasteiger partial charge in [0.1, 0.15) is 0 Å². The molecule has 0 radical (unpaired) electrons. The Morgan fingerprint density at radius 3 is 2.70 bits per heavy atom. The van der Waals surface area contributed by atoms with E-state index < -0.39 is 0 Å². The van der Waals surface area contributed by atoms with Gasteiger partial charge in [0.15, 0.2) is 0 Å². The SMILES string of the molecule is CC(C)(CNC(=O)[C@@H]1CCC[C@@H]1CN)N1CCOCC1. The number of ether oxygens (including phenoxy) is 1. The van der Waals surface area contributed by atoms with E-state index in [0.717, 1.165) is 45.6 Å². The lowest BCUT2D eigenvalue weighted by Crippen LogP contribution is -2.56. The van der Waals surface area contributed by atoms with Gasteiger partial charge >= 0.3 is 0 Å². The Morgan fingerprint density at radius 2 is 2.05 bits per heavy atom. The summed E-state index contributed by atoms with van der Waals surface area (Å²) in [4.78, 5) is 14.7. The molecule has 3 N–H and O–H groups in total. The largest absolute Gasteiger partial charge is 0.379 e. The van der Waals surface area contributed by atoms with Crippen molar-refractivity contribution in [3.63, 3.8) is 0 Å². The summed E-state index contributed by atoms with van der Waals surface area (Å²) in [6.45, 7) is 9.16. The molecule has 1 heterocycles. The highest BCUT2D eigenvalue weighted by Crippen LogP contribution is 2.31. The second-order valence-corrected chi connectivity index (χ2v) is 6.66. The molecule has 1 saturated carbocycles. The van der Waals surface area contributed by atoms with Gasteiger partial charge in [0.25, 0.3) is 0 Å². The molecule has 2 rings (SSSR count). The van der Waals surface area contributed by atoms with E-state index in [9.17, 15) is 4.79 Å². The van der Waals surface area contributed by atoms with Crippen molar-refractivity contribution in [3.8, 4) is 0 Å². The van der Waals surface area contributed by atoms with Crippen molar-refractivity contribution in [2.75, 3.05) is 39.4 Å². The molecule has 116 valence electrons. The Kier molecular flexibility index (Phi) is 5.41. The van der Waals surface area contributed by atoms with E-state index in [2.05, 4.69) is 24.1 Å². The first-order valence-electron chi connectivity index (χ1n) is 7.85. The van der Waals surface area contributed by atoms with Crippen molar-refractivity contribution in [1.82, 2.24) is 10.2 Å². The van der Waals surface area contributed by atoms with Gasteiger partial charge in [0, 0.05) is 31.1 Å². The molecular weight excluding hydrogens is 254 g/mol. The van der Waals surface area contributed by atoms with Crippen LogP contribution < -0.4 is 11.1 Å². The van der Waals surface area contributed by atoms with Crippen LogP contribution >= 0.6 is 0 Å². The van der Waals surface area contributed by atoms with Gasteiger partial charge in [-0.05, 0) is 39.2 Å². The van der Waals surface area contributed by atoms with Crippen LogP contribution in [0.4, 0.5) is 0 Å². The van der Waals surface area contributed by atoms with E-state index in [1.807, 2.05) is 0 Å². The molecule has 0 bridgehead atoms. The standard InChI is InChI=1S/C15H29N3O2/c1-15(2,18-6-8-20-9-7-18)11-17-14(19)13-5-3-4-12(13)10-16/h12-13H,3-11,16H2,1-2H3,(H,17,19)/t12-,13-/m1/s1. The number of nitrogens with zero attached hydrogens (tertiary/aromatic N) is 1. The lowest BCUT2D eigenvalue weighted by atomic mass is 9.94. The molecule has 5 heteroatoms. The number of carbonyl (C=O) groups is 1. The second kappa shape index (κ2) is 6.87. The van der Waals surface area contributed by atoms with Crippen molar-refractivity contribution < 1.29 is 9.53 Å². The Labute approximate surface area is 122 Å². The molecule has 2 aliphatic rings. The van der Waals surface area contributed by atoms with Crippen molar-refractivity contribution in [2.45, 2.75) is 38.6 Å². The quantitative estimate of drug-likeness (QED) is 0.775. The Morgan fingerprint density at radius 1 is 1.35 bits per heavy atom. The molecule has 0 aromatic carbocycles. The van der Waals surface area contributed by atoms with Crippen molar-refractivity contribution in [1.29, 1.82) is 0 Å². The summed E-state index contributed by atoms with van der Waals surface area (Å²) in [7, 11) is 0. The van der Waals surface area contributed by atoms with E-state index in [-0.39, 0.29) is 17.4 Å². The number of nitrogens with one attached hydrogen (secondary N) is 1. The zero-order valence-corrected chi connectivity index (χ0v) is 12.9. The van der Waals surface area contributed by atoms with Crippen molar-refractivity contribution >= 4 is 5.91 Å². The molecule has 1 aliphatic heterocycles. The molecule has 5 nitrogen and oxygen atoms in total. The van der Waals surface area contributed by atoms with E-state index in [4.69, 9.17) is 10.5 Å². The van der Waals surface area contributed by atoms with Crippen LogP contribution in [0.5, 0.6) is 0 Å². The number of hydrogen-bond donors (Lipinski definition) is 2. The first-order chi connectivity index (χ1) is 9.54. The Balaban J connectivity index is 1.82. The number of hydrogen-bond acceptors (Lipinski definition) is 4. The third kappa shape index (κ3) is 3.71. The van der Waals surface area contributed by atoms with Gasteiger partial charge in [-0.2, -0.15) is 0 Å². The summed E-state index contributed by atoms with van der Waals surface area (Å²) in [6.07, 6.45) is 3.22. The maximum Gasteiger partial charge on any atom is 0.223 e. The highest BCUT2D eigenvalue weighted by Gasteiger charge is 2.34. The predicted octanol–water partition coefficient (Wildman–Crippen LogP) is 0.588. The summed E-state index contributed by atoms with van der Waals surface area (Å²) >= 11 is 0. The molecule has 1 amide bonds. The maximum absolute atomic E-state index is 12.3. The average molecular weight is 283 g/mol. The molecule has 2 fully saturated rings. The maximum atomic E-state index is 12.3. The van der Waals surface area contributed by atoms with E-state index >= 15 is 0 Å². The molecule has 1 aliphatic carbocycles. The molecule has 0 aromatic heterocycles. The van der Waals surface area contributed by atoms with Crippen LogP contribution in [-0.2, 0) is 9.53 Å². The zero-order valence-electron chi connectivity index (χ0n) is 12.9. The first kappa shape index (κ1) is 15.7. The van der Waals surface area contributed by atoms with Gasteiger partial charge in [0.05, 0.1) is 13.2 Å². The predicted molar refractivity (Wildman–Crippen MR) is 79.4 cm³/mol. The van der Waals surface area contributed by atoms with Crippen LogP contribution in [0, 0.1) is 11.8 Å². The highest BCUT2D eigenvalue weighted by atomic mass is 16.5. The normalized spacial score (nSPS) is 28.6. The molecule has 1 saturated heterocycles. The first-order valence-corrected chi connectivity index (χ1v) is 7.85. The number of carbonyl (C=O) groups excluding carboxylic acids is 1. The number of amides is 1. The second-order valence-electron chi connectivity index (χ2n) is 6.66. The third-order valence-electron chi connectivity index (χ3n) is 4.86. The lowest BCUT2D eigenvalue weighted by Gasteiger charge is -2.41.